The van der Waals surface area contributed by atoms with Crippen LogP contribution in [-0.2, 0) is 9.53 Å². The van der Waals surface area contributed by atoms with Gasteiger partial charge in [-0.05, 0) is 37.6 Å². The predicted octanol–water partition coefficient (Wildman–Crippen LogP) is 2.25. The summed E-state index contributed by atoms with van der Waals surface area (Å²) in [5, 5.41) is 3.28. The van der Waals surface area contributed by atoms with Gasteiger partial charge in [0.2, 0.25) is 5.91 Å². The van der Waals surface area contributed by atoms with E-state index in [9.17, 15) is 9.18 Å². The summed E-state index contributed by atoms with van der Waals surface area (Å²) < 4.78 is 19.1. The molecule has 0 bridgehead atoms. The Bertz CT molecular complexity index is 565. The van der Waals surface area contributed by atoms with Crippen LogP contribution in [0.15, 0.2) is 24.3 Å². The van der Waals surface area contributed by atoms with E-state index in [1.165, 1.54) is 12.1 Å². The summed E-state index contributed by atoms with van der Waals surface area (Å²) in [7, 11) is 1.96. The third-order valence-electron chi connectivity index (χ3n) is 5.02. The minimum atomic E-state index is -0.421. The van der Waals surface area contributed by atoms with E-state index in [0.29, 0.717) is 32.3 Å². The second-order valence-electron chi connectivity index (χ2n) is 6.49. The Balaban J connectivity index is 0.00000169. The minimum Gasteiger partial charge on any atom is -0.379 e. The number of morpholine rings is 1. The van der Waals surface area contributed by atoms with Crippen molar-refractivity contribution < 1.29 is 13.9 Å². The van der Waals surface area contributed by atoms with Gasteiger partial charge in [-0.2, -0.15) is 0 Å². The van der Waals surface area contributed by atoms with Crippen LogP contribution >= 0.6 is 24.8 Å². The van der Waals surface area contributed by atoms with Crippen LogP contribution in [0.25, 0.3) is 0 Å². The second kappa shape index (κ2) is 11.0. The highest BCUT2D eigenvalue weighted by Gasteiger charge is 2.34. The monoisotopic (exact) mass is 407 g/mol. The molecule has 0 spiro atoms. The lowest BCUT2D eigenvalue weighted by Gasteiger charge is -2.39. The molecule has 1 unspecified atom stereocenters. The molecule has 2 aliphatic rings. The lowest BCUT2D eigenvalue weighted by Crippen LogP contribution is -2.50. The first-order valence-electron chi connectivity index (χ1n) is 8.72. The molecule has 2 saturated heterocycles. The van der Waals surface area contributed by atoms with Crippen LogP contribution in [-0.4, -0.2) is 68.2 Å². The molecule has 3 rings (SSSR count). The fourth-order valence-electron chi connectivity index (χ4n) is 3.58. The molecule has 2 fully saturated rings. The van der Waals surface area contributed by atoms with Gasteiger partial charge >= 0.3 is 0 Å². The van der Waals surface area contributed by atoms with Crippen molar-refractivity contribution in [3.05, 3.63) is 35.6 Å². The molecular weight excluding hydrogens is 380 g/mol. The molecule has 0 saturated carbocycles. The number of amides is 1. The average Bonchev–Trinajstić information content (AvgIpc) is 2.63. The van der Waals surface area contributed by atoms with Crippen molar-refractivity contribution in [3.8, 4) is 0 Å². The molecule has 2 aliphatic heterocycles. The number of benzene rings is 1. The molecule has 8 heteroatoms. The van der Waals surface area contributed by atoms with Gasteiger partial charge in [-0.1, -0.05) is 12.1 Å². The summed E-state index contributed by atoms with van der Waals surface area (Å²) in [5.41, 5.74) is 0.734. The number of piperidine rings is 1. The van der Waals surface area contributed by atoms with Crippen LogP contribution in [0.4, 0.5) is 4.39 Å². The minimum absolute atomic E-state index is 0. The van der Waals surface area contributed by atoms with Crippen LogP contribution in [0.2, 0.25) is 0 Å². The van der Waals surface area contributed by atoms with E-state index < -0.39 is 6.04 Å². The molecule has 1 atom stereocenters. The van der Waals surface area contributed by atoms with Crippen LogP contribution in [0.3, 0.4) is 0 Å². The Morgan fingerprint density at radius 1 is 1.19 bits per heavy atom. The Hall–Kier alpha value is -0.920. The van der Waals surface area contributed by atoms with Gasteiger partial charge in [0.05, 0.1) is 13.2 Å². The molecular formula is C18H28Cl2FN3O2. The fourth-order valence-corrected chi connectivity index (χ4v) is 3.58. The average molecular weight is 408 g/mol. The topological polar surface area (TPSA) is 44.8 Å². The van der Waals surface area contributed by atoms with Crippen LogP contribution in [0, 0.1) is 5.82 Å². The number of nitrogens with zero attached hydrogens (tertiary/aromatic N) is 2. The van der Waals surface area contributed by atoms with Crippen LogP contribution in [0.5, 0.6) is 0 Å². The number of nitrogens with one attached hydrogen (secondary N) is 1. The van der Waals surface area contributed by atoms with Gasteiger partial charge in [0, 0.05) is 32.2 Å². The van der Waals surface area contributed by atoms with Gasteiger partial charge in [-0.15, -0.1) is 24.8 Å². The molecule has 1 N–H and O–H groups in total. The Labute approximate surface area is 167 Å². The quantitative estimate of drug-likeness (QED) is 0.830. The molecule has 1 amide bonds. The molecule has 1 aromatic rings. The standard InChI is InChI=1S/C18H26FN3O2.2ClH/c1-20-16-5-7-22(8-6-16)18(23)17(21-9-11-24-12-10-21)14-3-2-4-15(19)13-14;;/h2-4,13,16-17,20H,5-12H2,1H3;2*1H. The third-order valence-corrected chi connectivity index (χ3v) is 5.02. The zero-order chi connectivity index (χ0) is 16.9. The molecule has 0 aromatic heterocycles. The highest BCUT2D eigenvalue weighted by molar-refractivity contribution is 5.85. The fraction of sp³-hybridized carbons (Fsp3) is 0.611. The van der Waals surface area contributed by atoms with Gasteiger partial charge in [0.25, 0.3) is 0 Å². The van der Waals surface area contributed by atoms with Crippen molar-refractivity contribution in [3.63, 3.8) is 0 Å². The van der Waals surface area contributed by atoms with Gasteiger partial charge in [-0.25, -0.2) is 4.39 Å². The molecule has 0 radical (unpaired) electrons. The highest BCUT2D eigenvalue weighted by atomic mass is 35.5. The first-order chi connectivity index (χ1) is 11.7. The molecule has 148 valence electrons. The van der Waals surface area contributed by atoms with E-state index in [-0.39, 0.29) is 36.5 Å². The smallest absolute Gasteiger partial charge is 0.244 e. The summed E-state index contributed by atoms with van der Waals surface area (Å²) in [4.78, 5) is 17.3. The van der Waals surface area contributed by atoms with Gasteiger partial charge in [0.15, 0.2) is 0 Å². The van der Waals surface area contributed by atoms with Gasteiger partial charge in [-0.3, -0.25) is 9.69 Å². The zero-order valence-electron chi connectivity index (χ0n) is 15.0. The van der Waals surface area contributed by atoms with Gasteiger partial charge in [0.1, 0.15) is 11.9 Å². The molecule has 26 heavy (non-hydrogen) atoms. The van der Waals surface area contributed by atoms with Crippen LogP contribution in [0.1, 0.15) is 24.4 Å². The maximum absolute atomic E-state index is 13.7. The predicted molar refractivity (Wildman–Crippen MR) is 105 cm³/mol. The van der Waals surface area contributed by atoms with Crippen molar-refractivity contribution in [2.75, 3.05) is 46.4 Å². The number of ether oxygens (including phenoxy) is 1. The Kier molecular flexibility index (Phi) is 9.82. The normalized spacial score (nSPS) is 20.0. The Morgan fingerprint density at radius 2 is 1.85 bits per heavy atom. The maximum atomic E-state index is 13.7. The summed E-state index contributed by atoms with van der Waals surface area (Å²) >= 11 is 0. The summed E-state index contributed by atoms with van der Waals surface area (Å²) in [6.45, 7) is 4.11. The first kappa shape index (κ1) is 23.1. The Morgan fingerprint density at radius 3 is 2.42 bits per heavy atom. The van der Waals surface area contributed by atoms with Crippen molar-refractivity contribution in [1.82, 2.24) is 15.1 Å². The molecule has 0 aliphatic carbocycles. The number of hydrogen-bond donors (Lipinski definition) is 1. The van der Waals surface area contributed by atoms with Crippen LogP contribution < -0.4 is 5.32 Å². The van der Waals surface area contributed by atoms with E-state index in [4.69, 9.17) is 4.74 Å². The van der Waals surface area contributed by atoms with E-state index in [0.717, 1.165) is 31.5 Å². The van der Waals surface area contributed by atoms with E-state index >= 15 is 0 Å². The third kappa shape index (κ3) is 5.54. The molecule has 5 nitrogen and oxygen atoms in total. The van der Waals surface area contributed by atoms with E-state index in [2.05, 4.69) is 10.2 Å². The van der Waals surface area contributed by atoms with E-state index in [1.807, 2.05) is 18.0 Å². The molecule has 1 aromatic carbocycles. The zero-order valence-corrected chi connectivity index (χ0v) is 16.7. The second-order valence-corrected chi connectivity index (χ2v) is 6.49. The van der Waals surface area contributed by atoms with Crippen molar-refractivity contribution in [1.29, 1.82) is 0 Å². The summed E-state index contributed by atoms with van der Waals surface area (Å²) in [6, 6.07) is 6.49. The number of carbonyl (C=O) groups is 1. The summed E-state index contributed by atoms with van der Waals surface area (Å²) in [5.74, 6) is -0.218. The highest BCUT2D eigenvalue weighted by Crippen LogP contribution is 2.26. The maximum Gasteiger partial charge on any atom is 0.244 e. The number of halogens is 3. The molecule has 2 heterocycles. The largest absolute Gasteiger partial charge is 0.379 e. The SMILES string of the molecule is CNC1CCN(C(=O)C(c2cccc(F)c2)N2CCOCC2)CC1.Cl.Cl. The van der Waals surface area contributed by atoms with Crippen molar-refractivity contribution in [2.24, 2.45) is 0 Å². The van der Waals surface area contributed by atoms with Gasteiger partial charge < -0.3 is 15.0 Å². The van der Waals surface area contributed by atoms with E-state index in [1.54, 1.807) is 6.07 Å². The summed E-state index contributed by atoms with van der Waals surface area (Å²) in [6.07, 6.45) is 1.92. The lowest BCUT2D eigenvalue weighted by atomic mass is 10.00. The first-order valence-corrected chi connectivity index (χ1v) is 8.72. The van der Waals surface area contributed by atoms with Crippen molar-refractivity contribution >= 4 is 30.7 Å². The number of carbonyl (C=O) groups excluding carboxylic acids is 1. The lowest BCUT2D eigenvalue weighted by molar-refractivity contribution is -0.140. The number of rotatable bonds is 4. The number of likely N-dealkylation sites (tertiary alicyclic amines) is 1. The van der Waals surface area contributed by atoms with Crippen molar-refractivity contribution in [2.45, 2.75) is 24.9 Å². The number of hydrogen-bond acceptors (Lipinski definition) is 4.